The maximum absolute atomic E-state index is 14.2. The molecule has 9 heteroatoms. The molecule has 210 valence electrons. The molecule has 39 heavy (non-hydrogen) atoms. The summed E-state index contributed by atoms with van der Waals surface area (Å²) in [6.45, 7) is 10.3. The lowest BCUT2D eigenvalue weighted by atomic mass is 10.0. The van der Waals surface area contributed by atoms with Gasteiger partial charge in [0.15, 0.2) is 0 Å². The topological polar surface area (TPSA) is 70.2 Å². The van der Waals surface area contributed by atoms with Crippen molar-refractivity contribution in [2.24, 2.45) is 5.92 Å². The molecule has 2 aromatic rings. The Kier molecular flexibility index (Phi) is 7.84. The van der Waals surface area contributed by atoms with Crippen LogP contribution in [-0.4, -0.2) is 97.4 Å². The third kappa shape index (κ3) is 6.11. The van der Waals surface area contributed by atoms with E-state index in [1.54, 1.807) is 18.3 Å². The number of nitrogens with one attached hydrogen (secondary N) is 1. The second-order valence-electron chi connectivity index (χ2n) is 11.8. The van der Waals surface area contributed by atoms with Gasteiger partial charge in [-0.3, -0.25) is 19.5 Å². The third-order valence-corrected chi connectivity index (χ3v) is 8.64. The number of morpholine rings is 1. The van der Waals surface area contributed by atoms with Crippen LogP contribution in [0, 0.1) is 11.7 Å². The highest BCUT2D eigenvalue weighted by Gasteiger charge is 2.43. The Bertz CT molecular complexity index is 1160. The monoisotopic (exact) mass is 537 g/mol. The lowest BCUT2D eigenvalue weighted by molar-refractivity contribution is -0.122. The second kappa shape index (κ2) is 11.5. The molecule has 1 amide bonds. The number of piperazine rings is 1. The number of anilines is 1. The normalized spacial score (nSPS) is 28.1. The highest BCUT2D eigenvalue weighted by molar-refractivity contribution is 5.97. The van der Waals surface area contributed by atoms with Gasteiger partial charge in [0.2, 0.25) is 11.8 Å². The molecule has 6 rings (SSSR count). The van der Waals surface area contributed by atoms with Crippen molar-refractivity contribution in [3.05, 3.63) is 53.5 Å². The Morgan fingerprint density at radius 2 is 1.95 bits per heavy atom. The summed E-state index contributed by atoms with van der Waals surface area (Å²) in [7, 11) is 0. The van der Waals surface area contributed by atoms with Gasteiger partial charge in [-0.1, -0.05) is 12.1 Å². The quantitative estimate of drug-likeness (QED) is 0.583. The van der Waals surface area contributed by atoms with E-state index in [2.05, 4.69) is 33.9 Å². The molecule has 3 aliphatic heterocycles. The summed E-state index contributed by atoms with van der Waals surface area (Å²) in [5.41, 5.74) is 2.75. The minimum Gasteiger partial charge on any atom is -0.474 e. The Morgan fingerprint density at radius 1 is 1.13 bits per heavy atom. The van der Waals surface area contributed by atoms with Crippen LogP contribution in [-0.2, 0) is 16.0 Å². The number of hydrogen-bond donors (Lipinski definition) is 1. The van der Waals surface area contributed by atoms with Crippen LogP contribution < -0.4 is 15.0 Å². The molecule has 3 fully saturated rings. The first-order chi connectivity index (χ1) is 18.9. The van der Waals surface area contributed by atoms with Crippen LogP contribution in [0.15, 0.2) is 36.5 Å². The molecular formula is C30H40FN5O3. The molecule has 1 unspecified atom stereocenters. The molecular weight excluding hydrogens is 497 g/mol. The summed E-state index contributed by atoms with van der Waals surface area (Å²) in [6.07, 6.45) is 4.67. The number of ether oxygens (including phenoxy) is 2. The number of benzene rings is 1. The number of rotatable bonds is 7. The molecule has 1 N–H and O–H groups in total. The number of carbonyl (C=O) groups is 1. The van der Waals surface area contributed by atoms with E-state index in [1.807, 2.05) is 11.0 Å². The largest absolute Gasteiger partial charge is 0.474 e. The summed E-state index contributed by atoms with van der Waals surface area (Å²) >= 11 is 0. The zero-order valence-corrected chi connectivity index (χ0v) is 23.0. The maximum Gasteiger partial charge on any atom is 0.241 e. The van der Waals surface area contributed by atoms with Crippen molar-refractivity contribution in [2.75, 3.05) is 57.4 Å². The van der Waals surface area contributed by atoms with E-state index < -0.39 is 0 Å². The van der Waals surface area contributed by atoms with Crippen molar-refractivity contribution in [1.82, 2.24) is 20.1 Å². The fourth-order valence-electron chi connectivity index (χ4n) is 6.22. The van der Waals surface area contributed by atoms with Crippen LogP contribution in [0.3, 0.4) is 0 Å². The Hall–Kier alpha value is -2.59. The molecule has 4 atom stereocenters. The molecule has 4 heterocycles. The van der Waals surface area contributed by atoms with Gasteiger partial charge in [-0.15, -0.1) is 0 Å². The van der Waals surface area contributed by atoms with Crippen molar-refractivity contribution in [3.63, 3.8) is 0 Å². The van der Waals surface area contributed by atoms with Crippen LogP contribution in [0.2, 0.25) is 0 Å². The van der Waals surface area contributed by atoms with Gasteiger partial charge < -0.3 is 14.8 Å². The van der Waals surface area contributed by atoms with Crippen molar-refractivity contribution in [1.29, 1.82) is 0 Å². The van der Waals surface area contributed by atoms with Crippen molar-refractivity contribution in [3.8, 4) is 5.88 Å². The van der Waals surface area contributed by atoms with E-state index in [0.717, 1.165) is 69.0 Å². The predicted octanol–water partition coefficient (Wildman–Crippen LogP) is 2.70. The average molecular weight is 538 g/mol. The van der Waals surface area contributed by atoms with Gasteiger partial charge in [-0.05, 0) is 68.4 Å². The van der Waals surface area contributed by atoms with Crippen LogP contribution in [0.4, 0.5) is 10.1 Å². The average Bonchev–Trinajstić information content (AvgIpc) is 3.77. The van der Waals surface area contributed by atoms with Gasteiger partial charge in [-0.25, -0.2) is 9.37 Å². The molecule has 1 saturated carbocycles. The zero-order valence-electron chi connectivity index (χ0n) is 23.0. The van der Waals surface area contributed by atoms with E-state index in [1.165, 1.54) is 12.1 Å². The molecule has 8 nitrogen and oxygen atoms in total. The smallest absolute Gasteiger partial charge is 0.241 e. The van der Waals surface area contributed by atoms with Gasteiger partial charge >= 0.3 is 0 Å². The van der Waals surface area contributed by atoms with E-state index in [-0.39, 0.29) is 23.8 Å². The number of aromatic nitrogens is 1. The number of fused-ring (bicyclic) bond motifs is 1. The Balaban J connectivity index is 1.23. The van der Waals surface area contributed by atoms with Gasteiger partial charge in [-0.2, -0.15) is 0 Å². The fraction of sp³-hybridized carbons (Fsp3) is 0.600. The molecule has 0 bridgehead atoms. The third-order valence-electron chi connectivity index (χ3n) is 8.64. The lowest BCUT2D eigenvalue weighted by Crippen LogP contribution is -2.63. The first-order valence-corrected chi connectivity index (χ1v) is 14.4. The molecule has 1 aromatic heterocycles. The fourth-order valence-corrected chi connectivity index (χ4v) is 6.22. The highest BCUT2D eigenvalue weighted by atomic mass is 19.1. The van der Waals surface area contributed by atoms with Gasteiger partial charge in [0.1, 0.15) is 18.1 Å². The standard InChI is InChI=1S/C30H40FN5O3/c1-20-15-35(26(14-32-20)16-34-9-10-38-18-21(34)2)17-29(37)36-27-12-23(11-22-3-7-25(31)8-4-22)13-33-30(27)39-19-28(36)24-5-6-24/h3-4,7-8,12-13,20-21,24,26,28,32H,5-6,9-11,14-19H2,1-2H3/t20-,21-,26-,28?/m1/s1. The van der Waals surface area contributed by atoms with Crippen LogP contribution in [0.5, 0.6) is 5.88 Å². The second-order valence-corrected chi connectivity index (χ2v) is 11.8. The number of halogens is 1. The first kappa shape index (κ1) is 26.6. The Morgan fingerprint density at radius 3 is 2.72 bits per heavy atom. The van der Waals surface area contributed by atoms with Gasteiger partial charge in [0.05, 0.1) is 25.8 Å². The summed E-state index contributed by atoms with van der Waals surface area (Å²) in [5, 5.41) is 3.63. The van der Waals surface area contributed by atoms with Crippen molar-refractivity contribution in [2.45, 2.75) is 57.3 Å². The molecule has 0 radical (unpaired) electrons. The van der Waals surface area contributed by atoms with E-state index in [0.29, 0.717) is 43.5 Å². The van der Waals surface area contributed by atoms with Crippen LogP contribution in [0.1, 0.15) is 37.8 Å². The number of carbonyl (C=O) groups excluding carboxylic acids is 1. The summed E-state index contributed by atoms with van der Waals surface area (Å²) in [4.78, 5) is 25.7. The number of pyridine rings is 1. The van der Waals surface area contributed by atoms with Gasteiger partial charge in [0.25, 0.3) is 0 Å². The number of nitrogens with zero attached hydrogens (tertiary/aromatic N) is 4. The minimum atomic E-state index is -0.247. The molecule has 1 aliphatic carbocycles. The van der Waals surface area contributed by atoms with Crippen molar-refractivity contribution < 1.29 is 18.7 Å². The van der Waals surface area contributed by atoms with Crippen LogP contribution in [0.25, 0.3) is 0 Å². The lowest BCUT2D eigenvalue weighted by Gasteiger charge is -2.44. The SMILES string of the molecule is C[C@@H]1CN(CC(=O)N2c3cc(Cc4ccc(F)cc4)cnc3OCC2C2CC2)[C@@H](CN2CCOC[C@H]2C)CN1. The number of amides is 1. The van der Waals surface area contributed by atoms with Crippen molar-refractivity contribution >= 4 is 11.6 Å². The minimum absolute atomic E-state index is 0.0333. The van der Waals surface area contributed by atoms with Gasteiger partial charge in [0, 0.05) is 50.5 Å². The summed E-state index contributed by atoms with van der Waals surface area (Å²) < 4.78 is 25.2. The summed E-state index contributed by atoms with van der Waals surface area (Å²) in [6, 6.07) is 9.59. The maximum atomic E-state index is 14.2. The first-order valence-electron chi connectivity index (χ1n) is 14.4. The molecule has 2 saturated heterocycles. The molecule has 1 aromatic carbocycles. The van der Waals surface area contributed by atoms with E-state index >= 15 is 0 Å². The summed E-state index contributed by atoms with van der Waals surface area (Å²) in [5.74, 6) is 0.861. The predicted molar refractivity (Wildman–Crippen MR) is 148 cm³/mol. The number of hydrogen-bond acceptors (Lipinski definition) is 7. The van der Waals surface area contributed by atoms with E-state index in [9.17, 15) is 9.18 Å². The Labute approximate surface area is 230 Å². The highest BCUT2D eigenvalue weighted by Crippen LogP contribution is 2.42. The van der Waals surface area contributed by atoms with Crippen LogP contribution >= 0.6 is 0 Å². The zero-order chi connectivity index (χ0) is 26.9. The molecule has 0 spiro atoms. The van der Waals surface area contributed by atoms with E-state index in [4.69, 9.17) is 9.47 Å². The molecule has 4 aliphatic rings.